The quantitative estimate of drug-likeness (QED) is 0.692. The van der Waals surface area contributed by atoms with Gasteiger partial charge in [-0.15, -0.1) is 11.6 Å². The average molecular weight is 309 g/mol. The summed E-state index contributed by atoms with van der Waals surface area (Å²) in [5.41, 5.74) is 2.90. The highest BCUT2D eigenvalue weighted by molar-refractivity contribution is 6.17. The molecular formula is C17H15ClF2O. The van der Waals surface area contributed by atoms with Gasteiger partial charge in [-0.2, -0.15) is 0 Å². The van der Waals surface area contributed by atoms with Crippen molar-refractivity contribution in [2.45, 2.75) is 31.6 Å². The Balaban J connectivity index is 1.90. The van der Waals surface area contributed by atoms with Gasteiger partial charge in [0.1, 0.15) is 5.75 Å². The van der Waals surface area contributed by atoms with Crippen LogP contribution in [0, 0.1) is 11.6 Å². The molecule has 0 spiro atoms. The lowest BCUT2D eigenvalue weighted by molar-refractivity contribution is 0.406. The Morgan fingerprint density at radius 1 is 0.952 bits per heavy atom. The first-order valence-electron chi connectivity index (χ1n) is 7.01. The molecule has 0 unspecified atom stereocenters. The van der Waals surface area contributed by atoms with E-state index in [2.05, 4.69) is 0 Å². The van der Waals surface area contributed by atoms with Gasteiger partial charge in [0, 0.05) is 5.88 Å². The van der Waals surface area contributed by atoms with Gasteiger partial charge in [0.25, 0.3) is 0 Å². The summed E-state index contributed by atoms with van der Waals surface area (Å²) in [5.74, 6) is -1.31. The van der Waals surface area contributed by atoms with Crippen LogP contribution in [0.1, 0.15) is 29.5 Å². The molecule has 1 aliphatic carbocycles. The molecule has 0 aromatic heterocycles. The number of aryl methyl sites for hydroxylation is 2. The van der Waals surface area contributed by atoms with Crippen LogP contribution < -0.4 is 4.74 Å². The minimum Gasteiger partial charge on any atom is -0.451 e. The van der Waals surface area contributed by atoms with Gasteiger partial charge in [-0.1, -0.05) is 6.07 Å². The summed E-state index contributed by atoms with van der Waals surface area (Å²) < 4.78 is 33.2. The molecule has 0 N–H and O–H groups in total. The first kappa shape index (κ1) is 14.3. The standard InChI is InChI=1S/C17H15ClF2O/c18-10-11-7-15(19)17(16(20)8-11)21-14-6-5-12-3-1-2-4-13(12)9-14/h5-9H,1-4,10H2. The maximum atomic E-state index is 13.9. The number of rotatable bonds is 3. The van der Waals surface area contributed by atoms with Crippen molar-refractivity contribution in [1.82, 2.24) is 0 Å². The van der Waals surface area contributed by atoms with E-state index in [1.165, 1.54) is 29.7 Å². The van der Waals surface area contributed by atoms with Crippen LogP contribution in [0.4, 0.5) is 8.78 Å². The Hall–Kier alpha value is -1.61. The zero-order valence-corrected chi connectivity index (χ0v) is 12.2. The molecule has 0 aliphatic heterocycles. The fourth-order valence-electron chi connectivity index (χ4n) is 2.68. The second kappa shape index (κ2) is 6.02. The van der Waals surface area contributed by atoms with Crippen LogP contribution in [-0.4, -0.2) is 0 Å². The second-order valence-corrected chi connectivity index (χ2v) is 5.53. The smallest absolute Gasteiger partial charge is 0.198 e. The van der Waals surface area contributed by atoms with Gasteiger partial charge < -0.3 is 4.74 Å². The fourth-order valence-corrected chi connectivity index (χ4v) is 2.83. The predicted molar refractivity (Wildman–Crippen MR) is 79.1 cm³/mol. The summed E-state index contributed by atoms with van der Waals surface area (Å²) in [6.45, 7) is 0. The highest BCUT2D eigenvalue weighted by Crippen LogP contribution is 2.32. The number of ether oxygens (including phenoxy) is 1. The summed E-state index contributed by atoms with van der Waals surface area (Å²) >= 11 is 5.59. The number of alkyl halides is 1. The molecule has 0 saturated carbocycles. The zero-order chi connectivity index (χ0) is 14.8. The Kier molecular flexibility index (Phi) is 4.11. The molecule has 0 radical (unpaired) electrons. The van der Waals surface area contributed by atoms with E-state index in [1.807, 2.05) is 12.1 Å². The molecule has 21 heavy (non-hydrogen) atoms. The van der Waals surface area contributed by atoms with E-state index in [0.29, 0.717) is 11.3 Å². The lowest BCUT2D eigenvalue weighted by atomic mass is 9.92. The Bertz CT molecular complexity index is 647. The normalized spacial score (nSPS) is 13.9. The molecular weight excluding hydrogens is 294 g/mol. The molecule has 0 fully saturated rings. The van der Waals surface area contributed by atoms with Gasteiger partial charge in [0.2, 0.25) is 0 Å². The van der Waals surface area contributed by atoms with Gasteiger partial charge in [-0.3, -0.25) is 0 Å². The van der Waals surface area contributed by atoms with Crippen LogP contribution >= 0.6 is 11.6 Å². The van der Waals surface area contributed by atoms with Crippen LogP contribution in [0.2, 0.25) is 0 Å². The fraction of sp³-hybridized carbons (Fsp3) is 0.294. The summed E-state index contributed by atoms with van der Waals surface area (Å²) in [6, 6.07) is 8.02. The summed E-state index contributed by atoms with van der Waals surface area (Å²) in [5, 5.41) is 0. The Morgan fingerprint density at radius 2 is 1.62 bits per heavy atom. The molecule has 0 atom stereocenters. The van der Waals surface area contributed by atoms with Crippen LogP contribution in [0.3, 0.4) is 0 Å². The highest BCUT2D eigenvalue weighted by atomic mass is 35.5. The number of hydrogen-bond donors (Lipinski definition) is 0. The predicted octanol–water partition coefficient (Wildman–Crippen LogP) is 5.37. The Labute approximate surface area is 127 Å². The summed E-state index contributed by atoms with van der Waals surface area (Å²) in [7, 11) is 0. The van der Waals surface area contributed by atoms with Crippen LogP contribution in [0.15, 0.2) is 30.3 Å². The van der Waals surface area contributed by atoms with Crippen molar-refractivity contribution in [2.75, 3.05) is 0 Å². The first-order valence-corrected chi connectivity index (χ1v) is 7.54. The number of fused-ring (bicyclic) bond motifs is 1. The molecule has 1 aliphatic rings. The Morgan fingerprint density at radius 3 is 2.29 bits per heavy atom. The molecule has 2 aromatic rings. The SMILES string of the molecule is Fc1cc(CCl)cc(F)c1Oc1ccc2c(c1)CCCC2. The number of halogens is 3. The molecule has 2 aromatic carbocycles. The van der Waals surface area contributed by atoms with E-state index < -0.39 is 11.6 Å². The van der Waals surface area contributed by atoms with Crippen molar-refractivity contribution in [3.05, 3.63) is 58.7 Å². The zero-order valence-electron chi connectivity index (χ0n) is 11.5. The maximum absolute atomic E-state index is 13.9. The first-order chi connectivity index (χ1) is 10.2. The van der Waals surface area contributed by atoms with Crippen molar-refractivity contribution in [2.24, 2.45) is 0 Å². The molecule has 0 heterocycles. The van der Waals surface area contributed by atoms with Gasteiger partial charge in [0.05, 0.1) is 0 Å². The topological polar surface area (TPSA) is 9.23 Å². The van der Waals surface area contributed by atoms with Crippen LogP contribution in [0.25, 0.3) is 0 Å². The van der Waals surface area contributed by atoms with Gasteiger partial charge >= 0.3 is 0 Å². The van der Waals surface area contributed by atoms with E-state index in [-0.39, 0.29) is 11.6 Å². The third kappa shape index (κ3) is 3.03. The van der Waals surface area contributed by atoms with Crippen molar-refractivity contribution in [3.8, 4) is 11.5 Å². The van der Waals surface area contributed by atoms with Gasteiger partial charge in [0.15, 0.2) is 17.4 Å². The second-order valence-electron chi connectivity index (χ2n) is 5.26. The van der Waals surface area contributed by atoms with Crippen molar-refractivity contribution in [1.29, 1.82) is 0 Å². The van der Waals surface area contributed by atoms with Crippen molar-refractivity contribution < 1.29 is 13.5 Å². The van der Waals surface area contributed by atoms with E-state index in [9.17, 15) is 8.78 Å². The van der Waals surface area contributed by atoms with E-state index in [4.69, 9.17) is 16.3 Å². The molecule has 1 nitrogen and oxygen atoms in total. The lowest BCUT2D eigenvalue weighted by Crippen LogP contribution is -2.03. The third-order valence-electron chi connectivity index (χ3n) is 3.75. The van der Waals surface area contributed by atoms with E-state index in [0.717, 1.165) is 19.3 Å². The van der Waals surface area contributed by atoms with Crippen LogP contribution in [0.5, 0.6) is 11.5 Å². The maximum Gasteiger partial charge on any atom is 0.198 e. The lowest BCUT2D eigenvalue weighted by Gasteiger charge is -2.17. The van der Waals surface area contributed by atoms with Crippen LogP contribution in [-0.2, 0) is 18.7 Å². The summed E-state index contributed by atoms with van der Waals surface area (Å²) in [4.78, 5) is 0. The summed E-state index contributed by atoms with van der Waals surface area (Å²) in [6.07, 6.45) is 4.38. The highest BCUT2D eigenvalue weighted by Gasteiger charge is 2.15. The molecule has 4 heteroatoms. The van der Waals surface area contributed by atoms with Gasteiger partial charge in [-0.25, -0.2) is 8.78 Å². The molecule has 3 rings (SSSR count). The molecule has 110 valence electrons. The monoisotopic (exact) mass is 308 g/mol. The van der Waals surface area contributed by atoms with E-state index >= 15 is 0 Å². The third-order valence-corrected chi connectivity index (χ3v) is 4.06. The van der Waals surface area contributed by atoms with E-state index in [1.54, 1.807) is 6.07 Å². The minimum atomic E-state index is -0.733. The molecule has 0 bridgehead atoms. The molecule has 0 saturated heterocycles. The number of benzene rings is 2. The average Bonchev–Trinajstić information content (AvgIpc) is 2.50. The minimum absolute atomic E-state index is 0.0625. The van der Waals surface area contributed by atoms with Crippen molar-refractivity contribution in [3.63, 3.8) is 0 Å². The largest absolute Gasteiger partial charge is 0.451 e. The number of hydrogen-bond acceptors (Lipinski definition) is 1. The van der Waals surface area contributed by atoms with Gasteiger partial charge in [-0.05, 0) is 66.6 Å². The van der Waals surface area contributed by atoms with Crippen molar-refractivity contribution >= 4 is 11.6 Å². The molecule has 0 amide bonds.